The summed E-state index contributed by atoms with van der Waals surface area (Å²) in [4.78, 5) is 28.5. The van der Waals surface area contributed by atoms with E-state index >= 15 is 0 Å². The van der Waals surface area contributed by atoms with Crippen molar-refractivity contribution >= 4 is 40.1 Å². The van der Waals surface area contributed by atoms with Gasteiger partial charge >= 0.3 is 5.97 Å². The first-order chi connectivity index (χ1) is 12.9. The minimum absolute atomic E-state index is 0.152. The van der Waals surface area contributed by atoms with Crippen LogP contribution in [0.25, 0.3) is 5.57 Å². The summed E-state index contributed by atoms with van der Waals surface area (Å²) in [7, 11) is 1.60. The lowest BCUT2D eigenvalue weighted by Gasteiger charge is -2.05. The molecule has 0 spiro atoms. The van der Waals surface area contributed by atoms with Crippen LogP contribution < -0.4 is 10.1 Å². The molecule has 0 atom stereocenters. The number of aromatic carboxylic acids is 1. The van der Waals surface area contributed by atoms with Crippen molar-refractivity contribution < 1.29 is 19.4 Å². The van der Waals surface area contributed by atoms with Crippen LogP contribution in [0.3, 0.4) is 0 Å². The predicted molar refractivity (Wildman–Crippen MR) is 107 cm³/mol. The molecule has 1 heterocycles. The molecule has 1 fully saturated rings. The van der Waals surface area contributed by atoms with E-state index in [4.69, 9.17) is 9.84 Å². The number of allylic oxidation sites excluding steroid dienone is 1. The third kappa shape index (κ3) is 4.03. The van der Waals surface area contributed by atoms with Gasteiger partial charge in [-0.15, -0.1) is 0 Å². The maximum Gasteiger partial charge on any atom is 0.335 e. The standard InChI is InChI=1S/C20H18N2O4S/c1-11-4-5-14(19(24)25)10-16(11)21-20-22-18(23)17(27-20)12(2)13-6-8-15(26-3)9-7-13/h4-10H,1-3H3,(H,24,25)(H,21,22,23)/b17-12-. The normalized spacial score (nSPS) is 17.0. The van der Waals surface area contributed by atoms with Crippen molar-refractivity contribution in [2.24, 2.45) is 4.99 Å². The first-order valence-electron chi connectivity index (χ1n) is 8.16. The number of nitrogens with one attached hydrogen (secondary N) is 1. The van der Waals surface area contributed by atoms with E-state index in [1.807, 2.05) is 38.1 Å². The topological polar surface area (TPSA) is 88.0 Å². The Hall–Kier alpha value is -3.06. The molecule has 3 rings (SSSR count). The third-order valence-electron chi connectivity index (χ3n) is 4.17. The molecule has 1 aliphatic heterocycles. The van der Waals surface area contributed by atoms with E-state index in [0.29, 0.717) is 15.8 Å². The summed E-state index contributed by atoms with van der Waals surface area (Å²) in [6.07, 6.45) is 0. The lowest BCUT2D eigenvalue weighted by atomic mass is 10.1. The van der Waals surface area contributed by atoms with E-state index in [-0.39, 0.29) is 11.5 Å². The number of benzene rings is 2. The zero-order valence-corrected chi connectivity index (χ0v) is 15.9. The number of methoxy groups -OCH3 is 1. The summed E-state index contributed by atoms with van der Waals surface area (Å²) in [5, 5.41) is 12.3. The Labute approximate surface area is 161 Å². The van der Waals surface area contributed by atoms with Gasteiger partial charge in [0, 0.05) is 0 Å². The molecule has 1 amide bonds. The number of amidine groups is 1. The number of hydrogen-bond donors (Lipinski definition) is 2. The maximum absolute atomic E-state index is 12.4. The number of rotatable bonds is 4. The highest BCUT2D eigenvalue weighted by atomic mass is 32.2. The first-order valence-corrected chi connectivity index (χ1v) is 8.98. The Morgan fingerprint density at radius 1 is 1.15 bits per heavy atom. The molecule has 138 valence electrons. The van der Waals surface area contributed by atoms with E-state index in [1.165, 1.54) is 23.9 Å². The summed E-state index contributed by atoms with van der Waals surface area (Å²) >= 11 is 1.24. The Balaban J connectivity index is 1.91. The molecule has 0 aromatic heterocycles. The molecule has 0 unspecified atom stereocenters. The average Bonchev–Trinajstić information content (AvgIpc) is 3.03. The molecular weight excluding hydrogens is 364 g/mol. The van der Waals surface area contributed by atoms with Crippen molar-refractivity contribution in [3.05, 3.63) is 64.1 Å². The number of aliphatic imine (C=N–C) groups is 1. The van der Waals surface area contributed by atoms with Crippen molar-refractivity contribution in [2.45, 2.75) is 13.8 Å². The maximum atomic E-state index is 12.4. The lowest BCUT2D eigenvalue weighted by Crippen LogP contribution is -2.19. The minimum Gasteiger partial charge on any atom is -0.497 e. The number of nitrogens with zero attached hydrogens (tertiary/aromatic N) is 1. The highest BCUT2D eigenvalue weighted by Gasteiger charge is 2.26. The number of carbonyl (C=O) groups is 2. The summed E-state index contributed by atoms with van der Waals surface area (Å²) in [6, 6.07) is 12.2. The number of hydrogen-bond acceptors (Lipinski definition) is 5. The monoisotopic (exact) mass is 382 g/mol. The van der Waals surface area contributed by atoms with Gasteiger partial charge in [0.1, 0.15) is 5.75 Å². The van der Waals surface area contributed by atoms with E-state index in [0.717, 1.165) is 22.4 Å². The second-order valence-corrected chi connectivity index (χ2v) is 6.96. The Bertz CT molecular complexity index is 978. The van der Waals surface area contributed by atoms with E-state index in [1.54, 1.807) is 13.2 Å². The fourth-order valence-corrected chi connectivity index (χ4v) is 3.46. The molecule has 0 bridgehead atoms. The predicted octanol–water partition coefficient (Wildman–Crippen LogP) is 3.98. The molecule has 1 saturated heterocycles. The fourth-order valence-electron chi connectivity index (χ4n) is 2.56. The van der Waals surface area contributed by atoms with Crippen LogP contribution >= 0.6 is 11.8 Å². The van der Waals surface area contributed by atoms with Gasteiger partial charge in [-0.3, -0.25) is 4.79 Å². The van der Waals surface area contributed by atoms with E-state index in [2.05, 4.69) is 10.3 Å². The second kappa shape index (κ2) is 7.67. The molecule has 6 nitrogen and oxygen atoms in total. The van der Waals surface area contributed by atoms with Crippen LogP contribution in [0.1, 0.15) is 28.4 Å². The Kier molecular flexibility index (Phi) is 5.32. The van der Waals surface area contributed by atoms with Crippen LogP contribution in [0.2, 0.25) is 0 Å². The van der Waals surface area contributed by atoms with Gasteiger partial charge in [0.2, 0.25) is 0 Å². The summed E-state index contributed by atoms with van der Waals surface area (Å²) in [5.74, 6) is -0.495. The van der Waals surface area contributed by atoms with Gasteiger partial charge in [-0.05, 0) is 66.6 Å². The van der Waals surface area contributed by atoms with Crippen molar-refractivity contribution in [3.63, 3.8) is 0 Å². The largest absolute Gasteiger partial charge is 0.497 e. The van der Waals surface area contributed by atoms with Crippen LogP contribution in [0, 0.1) is 6.92 Å². The minimum atomic E-state index is -1.02. The molecule has 2 aromatic carbocycles. The molecule has 7 heteroatoms. The van der Waals surface area contributed by atoms with Gasteiger partial charge in [-0.25, -0.2) is 9.79 Å². The van der Waals surface area contributed by atoms with Gasteiger partial charge in [0.15, 0.2) is 5.17 Å². The van der Waals surface area contributed by atoms with Crippen LogP contribution in [0.4, 0.5) is 5.69 Å². The first kappa shape index (κ1) is 18.7. The summed E-state index contributed by atoms with van der Waals surface area (Å²) in [6.45, 7) is 3.72. The molecule has 0 aliphatic carbocycles. The van der Waals surface area contributed by atoms with Gasteiger partial charge in [-0.2, -0.15) is 0 Å². The van der Waals surface area contributed by atoms with Crippen molar-refractivity contribution in [2.75, 3.05) is 7.11 Å². The number of carbonyl (C=O) groups excluding carboxylic acids is 1. The number of aryl methyl sites for hydroxylation is 1. The molecular formula is C20H18N2O4S. The molecule has 2 N–H and O–H groups in total. The van der Waals surface area contributed by atoms with Crippen LogP contribution in [-0.4, -0.2) is 29.3 Å². The molecule has 27 heavy (non-hydrogen) atoms. The average molecular weight is 382 g/mol. The quantitative estimate of drug-likeness (QED) is 0.781. The number of carboxylic acids is 1. The molecule has 0 saturated carbocycles. The second-order valence-electron chi connectivity index (χ2n) is 5.96. The Morgan fingerprint density at radius 3 is 2.44 bits per heavy atom. The molecule has 1 aliphatic rings. The SMILES string of the molecule is COc1ccc(/C(C)=C2\SC(=Nc3cc(C(=O)O)ccc3C)NC2=O)cc1. The van der Waals surface area contributed by atoms with E-state index < -0.39 is 5.97 Å². The van der Waals surface area contributed by atoms with Gasteiger partial charge in [-0.1, -0.05) is 18.2 Å². The van der Waals surface area contributed by atoms with Gasteiger partial charge in [0.25, 0.3) is 5.91 Å². The highest BCUT2D eigenvalue weighted by molar-refractivity contribution is 8.18. The number of carboxylic acid groups (broad SMARTS) is 1. The van der Waals surface area contributed by atoms with Crippen LogP contribution in [-0.2, 0) is 4.79 Å². The number of thioether (sulfide) groups is 1. The van der Waals surface area contributed by atoms with Crippen LogP contribution in [0.5, 0.6) is 5.75 Å². The summed E-state index contributed by atoms with van der Waals surface area (Å²) < 4.78 is 5.16. The van der Waals surface area contributed by atoms with Crippen molar-refractivity contribution in [3.8, 4) is 5.75 Å². The highest BCUT2D eigenvalue weighted by Crippen LogP contribution is 2.34. The van der Waals surface area contributed by atoms with Crippen molar-refractivity contribution in [1.29, 1.82) is 0 Å². The number of amides is 1. The van der Waals surface area contributed by atoms with Crippen molar-refractivity contribution in [1.82, 2.24) is 5.32 Å². The zero-order valence-electron chi connectivity index (χ0n) is 15.1. The lowest BCUT2D eigenvalue weighted by molar-refractivity contribution is -0.115. The van der Waals surface area contributed by atoms with Crippen LogP contribution in [0.15, 0.2) is 52.4 Å². The van der Waals surface area contributed by atoms with Gasteiger partial charge in [0.05, 0.1) is 23.3 Å². The zero-order chi connectivity index (χ0) is 19.6. The summed E-state index contributed by atoms with van der Waals surface area (Å²) in [5.41, 5.74) is 3.24. The molecule has 2 aromatic rings. The molecule has 0 radical (unpaired) electrons. The third-order valence-corrected chi connectivity index (χ3v) is 5.25. The Morgan fingerprint density at radius 2 is 1.81 bits per heavy atom. The van der Waals surface area contributed by atoms with Gasteiger partial charge < -0.3 is 15.2 Å². The fraction of sp³-hybridized carbons (Fsp3) is 0.150. The smallest absolute Gasteiger partial charge is 0.335 e. The van der Waals surface area contributed by atoms with E-state index in [9.17, 15) is 9.59 Å². The number of ether oxygens (including phenoxy) is 1.